The lowest BCUT2D eigenvalue weighted by Crippen LogP contribution is -1.91. The lowest BCUT2D eigenvalue weighted by molar-refractivity contribution is -0.385. The molecule has 30 heavy (non-hydrogen) atoms. The van der Waals surface area contributed by atoms with Crippen LogP contribution in [0.5, 0.6) is 0 Å². The molecule has 0 bridgehead atoms. The lowest BCUT2D eigenvalue weighted by atomic mass is 10.1. The number of nitro benzene ring substituents is 2. The molecule has 0 heterocycles. The molecule has 0 atom stereocenters. The highest BCUT2D eigenvalue weighted by Gasteiger charge is 2.04. The number of hydrogen-bond acceptors (Lipinski definition) is 6. The molecule has 0 amide bonds. The standard InChI is InChI=1S/C22H26N4O4/c27-25(28)21-11-7-9-19(15-21)17-23-13-5-3-1-2-4-6-14-24-18-20-10-8-12-22(16-20)26(29)30/h7-12,15-18H,1-6,13-14H2. The summed E-state index contributed by atoms with van der Waals surface area (Å²) in [7, 11) is 0. The first-order chi connectivity index (χ1) is 14.6. The van der Waals surface area contributed by atoms with Gasteiger partial charge in [0.25, 0.3) is 11.4 Å². The number of benzene rings is 2. The van der Waals surface area contributed by atoms with Crippen molar-refractivity contribution < 1.29 is 9.85 Å². The van der Waals surface area contributed by atoms with E-state index in [0.717, 1.165) is 62.7 Å². The van der Waals surface area contributed by atoms with Gasteiger partial charge in [-0.2, -0.15) is 0 Å². The van der Waals surface area contributed by atoms with Crippen molar-refractivity contribution in [2.24, 2.45) is 9.98 Å². The number of nitrogens with zero attached hydrogens (tertiary/aromatic N) is 4. The zero-order valence-electron chi connectivity index (χ0n) is 16.9. The van der Waals surface area contributed by atoms with E-state index in [1.807, 2.05) is 0 Å². The number of rotatable bonds is 13. The van der Waals surface area contributed by atoms with Gasteiger partial charge in [0.1, 0.15) is 0 Å². The summed E-state index contributed by atoms with van der Waals surface area (Å²) in [5.74, 6) is 0. The Hall–Kier alpha value is -3.42. The average molecular weight is 410 g/mol. The Morgan fingerprint density at radius 3 is 1.47 bits per heavy atom. The van der Waals surface area contributed by atoms with Gasteiger partial charge in [-0.3, -0.25) is 30.2 Å². The van der Waals surface area contributed by atoms with E-state index in [1.165, 1.54) is 24.3 Å². The van der Waals surface area contributed by atoms with Crippen LogP contribution < -0.4 is 0 Å². The van der Waals surface area contributed by atoms with Crippen LogP contribution in [0.15, 0.2) is 58.5 Å². The van der Waals surface area contributed by atoms with E-state index < -0.39 is 9.85 Å². The van der Waals surface area contributed by atoms with Crippen LogP contribution in [-0.2, 0) is 0 Å². The minimum absolute atomic E-state index is 0.0772. The second-order valence-corrected chi connectivity index (χ2v) is 6.90. The SMILES string of the molecule is O=[N+]([O-])c1cccc(C=NCCCCCCCCN=Cc2cccc([N+](=O)[O-])c2)c1. The smallest absolute Gasteiger partial charge is 0.270 e. The second-order valence-electron chi connectivity index (χ2n) is 6.90. The van der Waals surface area contributed by atoms with E-state index >= 15 is 0 Å². The van der Waals surface area contributed by atoms with Gasteiger partial charge < -0.3 is 0 Å². The molecule has 0 N–H and O–H groups in total. The summed E-state index contributed by atoms with van der Waals surface area (Å²) >= 11 is 0. The number of hydrogen-bond donors (Lipinski definition) is 0. The fourth-order valence-electron chi connectivity index (χ4n) is 2.89. The van der Waals surface area contributed by atoms with E-state index in [9.17, 15) is 20.2 Å². The van der Waals surface area contributed by atoms with Gasteiger partial charge in [0, 0.05) is 49.8 Å². The highest BCUT2D eigenvalue weighted by molar-refractivity contribution is 5.81. The zero-order chi connectivity index (χ0) is 21.6. The highest BCUT2D eigenvalue weighted by atomic mass is 16.6. The molecule has 0 aliphatic carbocycles. The largest absolute Gasteiger partial charge is 0.293 e. The van der Waals surface area contributed by atoms with Crippen molar-refractivity contribution in [3.63, 3.8) is 0 Å². The highest BCUT2D eigenvalue weighted by Crippen LogP contribution is 2.13. The van der Waals surface area contributed by atoms with Gasteiger partial charge >= 0.3 is 0 Å². The van der Waals surface area contributed by atoms with Crippen LogP contribution in [-0.4, -0.2) is 35.4 Å². The number of unbranched alkanes of at least 4 members (excludes halogenated alkanes) is 5. The van der Waals surface area contributed by atoms with E-state index in [0.29, 0.717) is 0 Å². The van der Waals surface area contributed by atoms with Gasteiger partial charge in [-0.05, 0) is 24.0 Å². The predicted molar refractivity (Wildman–Crippen MR) is 119 cm³/mol. The summed E-state index contributed by atoms with van der Waals surface area (Å²) < 4.78 is 0. The molecular weight excluding hydrogens is 384 g/mol. The van der Waals surface area contributed by atoms with Crippen molar-refractivity contribution >= 4 is 23.8 Å². The van der Waals surface area contributed by atoms with E-state index in [2.05, 4.69) is 9.98 Å². The fourth-order valence-corrected chi connectivity index (χ4v) is 2.89. The van der Waals surface area contributed by atoms with E-state index in [-0.39, 0.29) is 11.4 Å². The van der Waals surface area contributed by atoms with Crippen molar-refractivity contribution in [2.45, 2.75) is 38.5 Å². The van der Waals surface area contributed by atoms with Gasteiger partial charge in [0.15, 0.2) is 0 Å². The Morgan fingerprint density at radius 1 is 0.667 bits per heavy atom. The maximum Gasteiger partial charge on any atom is 0.270 e. The molecule has 8 heteroatoms. The maximum atomic E-state index is 10.7. The third-order valence-electron chi connectivity index (χ3n) is 4.47. The van der Waals surface area contributed by atoms with Crippen molar-refractivity contribution in [1.82, 2.24) is 0 Å². The van der Waals surface area contributed by atoms with Gasteiger partial charge in [-0.25, -0.2) is 0 Å². The predicted octanol–water partition coefficient (Wildman–Crippen LogP) is 5.38. The molecule has 2 aromatic rings. The summed E-state index contributed by atoms with van der Waals surface area (Å²) in [6.45, 7) is 1.44. The van der Waals surface area contributed by atoms with Crippen LogP contribution in [0.25, 0.3) is 0 Å². The zero-order valence-corrected chi connectivity index (χ0v) is 16.9. The van der Waals surface area contributed by atoms with Gasteiger partial charge in [-0.15, -0.1) is 0 Å². The van der Waals surface area contributed by atoms with Crippen molar-refractivity contribution in [2.75, 3.05) is 13.1 Å². The first kappa shape index (κ1) is 22.9. The van der Waals surface area contributed by atoms with Crippen LogP contribution in [0, 0.1) is 20.2 Å². The van der Waals surface area contributed by atoms with E-state index in [4.69, 9.17) is 0 Å². The van der Waals surface area contributed by atoms with Gasteiger partial charge in [-0.1, -0.05) is 49.9 Å². The van der Waals surface area contributed by atoms with Crippen molar-refractivity contribution in [3.05, 3.63) is 79.9 Å². The monoisotopic (exact) mass is 410 g/mol. The van der Waals surface area contributed by atoms with Crippen LogP contribution >= 0.6 is 0 Å². The van der Waals surface area contributed by atoms with Crippen LogP contribution in [0.2, 0.25) is 0 Å². The minimum atomic E-state index is -0.406. The summed E-state index contributed by atoms with van der Waals surface area (Å²) in [5, 5.41) is 21.5. The summed E-state index contributed by atoms with van der Waals surface area (Å²) in [5.41, 5.74) is 1.64. The Balaban J connectivity index is 1.51. The van der Waals surface area contributed by atoms with Crippen LogP contribution in [0.4, 0.5) is 11.4 Å². The Bertz CT molecular complexity index is 823. The molecule has 0 spiro atoms. The number of non-ortho nitro benzene ring substituents is 2. The molecule has 0 aliphatic rings. The normalized spacial score (nSPS) is 11.3. The summed E-state index contributed by atoms with van der Waals surface area (Å²) in [6, 6.07) is 12.9. The second kappa shape index (κ2) is 12.9. The molecule has 0 saturated carbocycles. The third kappa shape index (κ3) is 8.72. The Kier molecular flexibility index (Phi) is 9.85. The van der Waals surface area contributed by atoms with Crippen LogP contribution in [0.3, 0.4) is 0 Å². The molecule has 2 aromatic carbocycles. The molecule has 0 aromatic heterocycles. The van der Waals surface area contributed by atoms with Gasteiger partial charge in [0.2, 0.25) is 0 Å². The summed E-state index contributed by atoms with van der Waals surface area (Å²) in [6.07, 6.45) is 9.85. The molecule has 0 radical (unpaired) electrons. The average Bonchev–Trinajstić information content (AvgIpc) is 2.75. The number of nitro groups is 2. The molecule has 0 fully saturated rings. The molecule has 2 rings (SSSR count). The fraction of sp³-hybridized carbons (Fsp3) is 0.364. The van der Waals surface area contributed by atoms with Crippen molar-refractivity contribution in [1.29, 1.82) is 0 Å². The van der Waals surface area contributed by atoms with Gasteiger partial charge in [0.05, 0.1) is 9.85 Å². The van der Waals surface area contributed by atoms with Crippen molar-refractivity contribution in [3.8, 4) is 0 Å². The summed E-state index contributed by atoms with van der Waals surface area (Å²) in [4.78, 5) is 29.3. The molecule has 8 nitrogen and oxygen atoms in total. The first-order valence-corrected chi connectivity index (χ1v) is 10.0. The molecular formula is C22H26N4O4. The van der Waals surface area contributed by atoms with Crippen LogP contribution in [0.1, 0.15) is 49.7 Å². The topological polar surface area (TPSA) is 111 Å². The Labute approximate surface area is 175 Å². The molecule has 0 saturated heterocycles. The minimum Gasteiger partial charge on any atom is -0.293 e. The Morgan fingerprint density at radius 2 is 1.07 bits per heavy atom. The number of aliphatic imine (C=N–C) groups is 2. The molecule has 158 valence electrons. The maximum absolute atomic E-state index is 10.7. The molecule has 0 aliphatic heterocycles. The third-order valence-corrected chi connectivity index (χ3v) is 4.47. The molecule has 0 unspecified atom stereocenters. The lowest BCUT2D eigenvalue weighted by Gasteiger charge is -2.00. The quantitative estimate of drug-likeness (QED) is 0.191. The first-order valence-electron chi connectivity index (χ1n) is 10.0. The van der Waals surface area contributed by atoms with E-state index in [1.54, 1.807) is 36.7 Å².